The normalized spacial score (nSPS) is 17.1. The van der Waals surface area contributed by atoms with Crippen molar-refractivity contribution in [3.8, 4) is 6.07 Å². The van der Waals surface area contributed by atoms with Crippen LogP contribution in [0.5, 0.6) is 0 Å². The molecule has 1 aliphatic carbocycles. The first-order chi connectivity index (χ1) is 14.7. The van der Waals surface area contributed by atoms with Gasteiger partial charge in [0.1, 0.15) is 0 Å². The van der Waals surface area contributed by atoms with Crippen LogP contribution in [0.1, 0.15) is 61.9 Å². The van der Waals surface area contributed by atoms with Gasteiger partial charge in [-0.25, -0.2) is 4.79 Å². The van der Waals surface area contributed by atoms with E-state index in [-0.39, 0.29) is 6.61 Å². The van der Waals surface area contributed by atoms with E-state index < -0.39 is 5.97 Å². The molecule has 2 aliphatic rings. The second-order valence-electron chi connectivity index (χ2n) is 7.34. The summed E-state index contributed by atoms with van der Waals surface area (Å²) >= 11 is 1.53. The number of fused-ring (bicyclic) bond motifs is 1. The van der Waals surface area contributed by atoms with Crippen molar-refractivity contribution in [2.45, 2.75) is 50.1 Å². The van der Waals surface area contributed by atoms with E-state index in [1.54, 1.807) is 25.1 Å². The van der Waals surface area contributed by atoms with Crippen molar-refractivity contribution < 1.29 is 9.53 Å². The van der Waals surface area contributed by atoms with Crippen molar-refractivity contribution in [1.29, 1.82) is 5.26 Å². The zero-order valence-electron chi connectivity index (χ0n) is 16.9. The standard InChI is InChI=1S/C22H23N5O2S/c1-2-29-21(28)18(12-15-8-10-16(13-23)11-9-15)19-14-30-22-25-24-20(27(22)26-19)17-6-4-3-5-7-17/h8-12,17H,2-7,14H2,1H3/b18-12+. The Balaban J connectivity index is 1.71. The highest BCUT2D eigenvalue weighted by atomic mass is 32.2. The van der Waals surface area contributed by atoms with Gasteiger partial charge in [0.15, 0.2) is 5.82 Å². The second kappa shape index (κ2) is 9.26. The molecule has 0 N–H and O–H groups in total. The molecule has 1 saturated carbocycles. The summed E-state index contributed by atoms with van der Waals surface area (Å²) in [6.45, 7) is 2.07. The fourth-order valence-electron chi connectivity index (χ4n) is 3.78. The molecule has 0 saturated heterocycles. The summed E-state index contributed by atoms with van der Waals surface area (Å²) < 4.78 is 7.11. The van der Waals surface area contributed by atoms with Crippen molar-refractivity contribution in [2.75, 3.05) is 12.4 Å². The summed E-state index contributed by atoms with van der Waals surface area (Å²) in [5.74, 6) is 1.36. The summed E-state index contributed by atoms with van der Waals surface area (Å²) in [7, 11) is 0. The molecule has 1 aliphatic heterocycles. The Morgan fingerprint density at radius 2 is 2.03 bits per heavy atom. The number of hydrogen-bond acceptors (Lipinski definition) is 7. The molecule has 7 nitrogen and oxygen atoms in total. The monoisotopic (exact) mass is 421 g/mol. The van der Waals surface area contributed by atoms with Crippen LogP contribution in [-0.2, 0) is 9.53 Å². The van der Waals surface area contributed by atoms with Crippen LogP contribution in [0, 0.1) is 11.3 Å². The fraction of sp³-hybridized carbons (Fsp3) is 0.409. The van der Waals surface area contributed by atoms with Crippen molar-refractivity contribution >= 4 is 29.5 Å². The van der Waals surface area contributed by atoms with E-state index in [4.69, 9.17) is 15.1 Å². The van der Waals surface area contributed by atoms with Crippen molar-refractivity contribution in [3.05, 3.63) is 46.8 Å². The van der Waals surface area contributed by atoms with Crippen LogP contribution in [0.2, 0.25) is 0 Å². The molecule has 1 aromatic carbocycles. The van der Waals surface area contributed by atoms with Crippen LogP contribution in [0.3, 0.4) is 0 Å². The molecule has 4 rings (SSSR count). The third-order valence-corrected chi connectivity index (χ3v) is 6.25. The molecule has 0 bridgehead atoms. The molecule has 1 aromatic heterocycles. The van der Waals surface area contributed by atoms with E-state index in [0.29, 0.717) is 28.5 Å². The zero-order chi connectivity index (χ0) is 20.9. The van der Waals surface area contributed by atoms with Crippen molar-refractivity contribution in [3.63, 3.8) is 0 Å². The lowest BCUT2D eigenvalue weighted by Gasteiger charge is -2.22. The van der Waals surface area contributed by atoms with E-state index in [9.17, 15) is 4.79 Å². The second-order valence-corrected chi connectivity index (χ2v) is 8.28. The lowest BCUT2D eigenvalue weighted by molar-refractivity contribution is -0.137. The first-order valence-electron chi connectivity index (χ1n) is 10.2. The molecular weight excluding hydrogens is 398 g/mol. The van der Waals surface area contributed by atoms with Gasteiger partial charge in [-0.15, -0.1) is 10.2 Å². The van der Waals surface area contributed by atoms with E-state index in [1.807, 2.05) is 16.8 Å². The third-order valence-electron chi connectivity index (χ3n) is 5.32. The first kappa shape index (κ1) is 20.4. The Hall–Kier alpha value is -2.92. The minimum atomic E-state index is -0.406. The topological polar surface area (TPSA) is 93.2 Å². The van der Waals surface area contributed by atoms with E-state index in [2.05, 4.69) is 16.3 Å². The van der Waals surface area contributed by atoms with Crippen molar-refractivity contribution in [2.24, 2.45) is 5.10 Å². The number of thioether (sulfide) groups is 1. The summed E-state index contributed by atoms with van der Waals surface area (Å²) in [6.07, 6.45) is 7.63. The minimum absolute atomic E-state index is 0.287. The number of rotatable bonds is 5. The van der Waals surface area contributed by atoms with E-state index >= 15 is 0 Å². The van der Waals surface area contributed by atoms with Gasteiger partial charge in [0.2, 0.25) is 5.16 Å². The molecule has 8 heteroatoms. The predicted octanol–water partition coefficient (Wildman–Crippen LogP) is 4.15. The fourth-order valence-corrected chi connectivity index (χ4v) is 4.61. The lowest BCUT2D eigenvalue weighted by Crippen LogP contribution is -2.22. The zero-order valence-corrected chi connectivity index (χ0v) is 17.7. The molecule has 0 radical (unpaired) electrons. The third kappa shape index (κ3) is 4.31. The summed E-state index contributed by atoms with van der Waals surface area (Å²) in [5, 5.41) is 23.3. The number of ether oxygens (including phenoxy) is 1. The number of aromatic nitrogens is 3. The van der Waals surface area contributed by atoms with Gasteiger partial charge in [-0.3, -0.25) is 0 Å². The molecule has 1 fully saturated rings. The summed E-state index contributed by atoms with van der Waals surface area (Å²) in [6, 6.07) is 9.18. The number of hydrogen-bond donors (Lipinski definition) is 0. The molecule has 30 heavy (non-hydrogen) atoms. The maximum atomic E-state index is 12.7. The van der Waals surface area contributed by atoms with Crippen LogP contribution in [0.25, 0.3) is 6.08 Å². The van der Waals surface area contributed by atoms with E-state index in [0.717, 1.165) is 29.4 Å². The quantitative estimate of drug-likeness (QED) is 0.532. The van der Waals surface area contributed by atoms with Gasteiger partial charge in [0.05, 0.1) is 29.5 Å². The maximum Gasteiger partial charge on any atom is 0.340 e. The van der Waals surface area contributed by atoms with Crippen LogP contribution in [0.4, 0.5) is 0 Å². The minimum Gasteiger partial charge on any atom is -0.462 e. The van der Waals surface area contributed by atoms with Gasteiger partial charge in [0.25, 0.3) is 0 Å². The highest BCUT2D eigenvalue weighted by Crippen LogP contribution is 2.34. The molecular formula is C22H23N5O2S. The molecule has 0 unspecified atom stereocenters. The molecule has 0 amide bonds. The molecule has 154 valence electrons. The molecule has 0 atom stereocenters. The summed E-state index contributed by atoms with van der Waals surface area (Å²) in [4.78, 5) is 12.7. The number of esters is 1. The van der Waals surface area contributed by atoms with Crippen LogP contribution < -0.4 is 0 Å². The van der Waals surface area contributed by atoms with E-state index in [1.165, 1.54) is 31.0 Å². The van der Waals surface area contributed by atoms with Gasteiger partial charge < -0.3 is 4.74 Å². The Kier molecular flexibility index (Phi) is 6.29. The molecule has 2 heterocycles. The number of carbonyl (C=O) groups excluding carboxylic acids is 1. The SMILES string of the molecule is CCOC(=O)/C(=C/c1ccc(C#N)cc1)C1=Nn2c(nnc2C2CCCCC2)SC1. The Labute approximate surface area is 179 Å². The van der Waals surface area contributed by atoms with Gasteiger partial charge in [-0.2, -0.15) is 15.0 Å². The Morgan fingerprint density at radius 3 is 2.73 bits per heavy atom. The van der Waals surface area contributed by atoms with Crippen LogP contribution in [0.15, 0.2) is 40.1 Å². The average molecular weight is 422 g/mol. The first-order valence-corrected chi connectivity index (χ1v) is 11.2. The maximum absolute atomic E-state index is 12.7. The predicted molar refractivity (Wildman–Crippen MR) is 115 cm³/mol. The molecule has 2 aromatic rings. The largest absolute Gasteiger partial charge is 0.462 e. The number of nitriles is 1. The highest BCUT2D eigenvalue weighted by molar-refractivity contribution is 7.99. The number of benzene rings is 1. The lowest BCUT2D eigenvalue weighted by atomic mass is 9.89. The Bertz CT molecular complexity index is 1030. The van der Waals surface area contributed by atoms with Gasteiger partial charge >= 0.3 is 5.97 Å². The van der Waals surface area contributed by atoms with Crippen LogP contribution in [-0.4, -0.2) is 38.9 Å². The van der Waals surface area contributed by atoms with Gasteiger partial charge in [-0.1, -0.05) is 43.2 Å². The smallest absolute Gasteiger partial charge is 0.340 e. The Morgan fingerprint density at radius 1 is 1.27 bits per heavy atom. The van der Waals surface area contributed by atoms with Gasteiger partial charge in [-0.05, 0) is 43.5 Å². The highest BCUT2D eigenvalue weighted by Gasteiger charge is 2.28. The van der Waals surface area contributed by atoms with Gasteiger partial charge in [0, 0.05) is 11.7 Å². The molecule has 0 spiro atoms. The van der Waals surface area contributed by atoms with Crippen LogP contribution >= 0.6 is 11.8 Å². The number of nitrogens with zero attached hydrogens (tertiary/aromatic N) is 5. The average Bonchev–Trinajstić information content (AvgIpc) is 3.22. The van der Waals surface area contributed by atoms with Crippen molar-refractivity contribution in [1.82, 2.24) is 14.9 Å². The number of carbonyl (C=O) groups is 1. The summed E-state index contributed by atoms with van der Waals surface area (Å²) in [5.41, 5.74) is 2.45.